The van der Waals surface area contributed by atoms with Gasteiger partial charge in [0.05, 0.1) is 5.56 Å². The number of hydrogen-bond donors (Lipinski definition) is 0. The molecule has 0 saturated carbocycles. The maximum absolute atomic E-state index is 12.3. The SMILES string of the molecule is Cc1nnc(-c2cc(Br)ccc2OC(F)(F)F)nn1. The highest BCUT2D eigenvalue weighted by Gasteiger charge is 2.32. The lowest BCUT2D eigenvalue weighted by Gasteiger charge is -2.12. The Kier molecular flexibility index (Phi) is 3.65. The maximum atomic E-state index is 12.3. The first-order valence-electron chi connectivity index (χ1n) is 4.95. The van der Waals surface area contributed by atoms with Crippen molar-refractivity contribution in [1.82, 2.24) is 20.4 Å². The van der Waals surface area contributed by atoms with E-state index in [9.17, 15) is 13.2 Å². The summed E-state index contributed by atoms with van der Waals surface area (Å²) in [5, 5.41) is 14.7. The van der Waals surface area contributed by atoms with Crippen molar-refractivity contribution >= 4 is 15.9 Å². The Labute approximate surface area is 114 Å². The van der Waals surface area contributed by atoms with E-state index in [-0.39, 0.29) is 11.4 Å². The van der Waals surface area contributed by atoms with Crippen molar-refractivity contribution in [2.24, 2.45) is 0 Å². The van der Waals surface area contributed by atoms with Crippen molar-refractivity contribution in [3.05, 3.63) is 28.5 Å². The van der Waals surface area contributed by atoms with E-state index in [1.54, 1.807) is 6.92 Å². The molecule has 0 fully saturated rings. The number of rotatable bonds is 2. The first-order chi connectivity index (χ1) is 8.85. The number of aryl methyl sites for hydroxylation is 1. The summed E-state index contributed by atoms with van der Waals surface area (Å²) in [6.45, 7) is 1.57. The quantitative estimate of drug-likeness (QED) is 0.845. The molecule has 2 aromatic rings. The fraction of sp³-hybridized carbons (Fsp3) is 0.200. The van der Waals surface area contributed by atoms with Crippen molar-refractivity contribution in [1.29, 1.82) is 0 Å². The zero-order valence-corrected chi connectivity index (χ0v) is 11.0. The first kappa shape index (κ1) is 13.7. The van der Waals surface area contributed by atoms with E-state index >= 15 is 0 Å². The first-order valence-corrected chi connectivity index (χ1v) is 5.74. The molecule has 0 atom stereocenters. The normalized spacial score (nSPS) is 11.4. The molecule has 0 bridgehead atoms. The molecule has 1 aromatic heterocycles. The summed E-state index contributed by atoms with van der Waals surface area (Å²) in [4.78, 5) is 0. The van der Waals surface area contributed by atoms with E-state index in [0.717, 1.165) is 6.07 Å². The van der Waals surface area contributed by atoms with Gasteiger partial charge in [-0.05, 0) is 25.1 Å². The van der Waals surface area contributed by atoms with Crippen molar-refractivity contribution < 1.29 is 17.9 Å². The van der Waals surface area contributed by atoms with Crippen molar-refractivity contribution in [2.45, 2.75) is 13.3 Å². The second-order valence-electron chi connectivity index (χ2n) is 3.46. The zero-order valence-electron chi connectivity index (χ0n) is 9.44. The van der Waals surface area contributed by atoms with Gasteiger partial charge in [0, 0.05) is 4.47 Å². The molecule has 1 aromatic carbocycles. The van der Waals surface area contributed by atoms with Crippen LogP contribution in [0.2, 0.25) is 0 Å². The zero-order chi connectivity index (χ0) is 14.0. The predicted octanol–water partition coefficient (Wildman–Crippen LogP) is 2.90. The lowest BCUT2D eigenvalue weighted by molar-refractivity contribution is -0.274. The average molecular weight is 335 g/mol. The molecule has 0 radical (unpaired) electrons. The van der Waals surface area contributed by atoms with Crippen molar-refractivity contribution in [3.8, 4) is 17.1 Å². The maximum Gasteiger partial charge on any atom is 0.573 e. The molecule has 0 spiro atoms. The topological polar surface area (TPSA) is 60.8 Å². The van der Waals surface area contributed by atoms with Crippen LogP contribution in [0.5, 0.6) is 5.75 Å². The van der Waals surface area contributed by atoms with Crippen LogP contribution >= 0.6 is 15.9 Å². The molecule has 1 heterocycles. The number of alkyl halides is 3. The van der Waals surface area contributed by atoms with Gasteiger partial charge in [-0.3, -0.25) is 0 Å². The Bertz CT molecular complexity index is 588. The summed E-state index contributed by atoms with van der Waals surface area (Å²) in [5.41, 5.74) is 0.0479. The molecular weight excluding hydrogens is 329 g/mol. The molecule has 5 nitrogen and oxygen atoms in total. The lowest BCUT2D eigenvalue weighted by Crippen LogP contribution is -2.18. The second kappa shape index (κ2) is 5.08. The molecule has 0 saturated heterocycles. The van der Waals surface area contributed by atoms with Gasteiger partial charge in [-0.25, -0.2) is 0 Å². The summed E-state index contributed by atoms with van der Waals surface area (Å²) in [5.74, 6) is -0.147. The number of nitrogens with zero attached hydrogens (tertiary/aromatic N) is 4. The molecule has 2 rings (SSSR count). The van der Waals surface area contributed by atoms with Crippen LogP contribution in [-0.4, -0.2) is 26.8 Å². The highest BCUT2D eigenvalue weighted by molar-refractivity contribution is 9.10. The van der Waals surface area contributed by atoms with Crippen LogP contribution in [0, 0.1) is 6.92 Å². The Morgan fingerprint density at radius 1 is 1.11 bits per heavy atom. The Morgan fingerprint density at radius 3 is 2.32 bits per heavy atom. The Morgan fingerprint density at radius 2 is 1.74 bits per heavy atom. The highest BCUT2D eigenvalue weighted by atomic mass is 79.9. The van der Waals surface area contributed by atoms with Gasteiger partial charge in [0.2, 0.25) is 5.82 Å². The van der Waals surface area contributed by atoms with Gasteiger partial charge in [0.15, 0.2) is 5.82 Å². The summed E-state index contributed by atoms with van der Waals surface area (Å²) in [6, 6.07) is 3.98. The fourth-order valence-corrected chi connectivity index (χ4v) is 1.64. The molecule has 0 aliphatic heterocycles. The molecular formula is C10H6BrF3N4O. The smallest absolute Gasteiger partial charge is 0.405 e. The van der Waals surface area contributed by atoms with Crippen LogP contribution in [0.4, 0.5) is 13.2 Å². The monoisotopic (exact) mass is 334 g/mol. The van der Waals surface area contributed by atoms with Crippen LogP contribution in [0.3, 0.4) is 0 Å². The van der Waals surface area contributed by atoms with Crippen LogP contribution < -0.4 is 4.74 Å². The van der Waals surface area contributed by atoms with Crippen LogP contribution in [0.15, 0.2) is 22.7 Å². The number of benzene rings is 1. The van der Waals surface area contributed by atoms with Crippen molar-refractivity contribution in [3.63, 3.8) is 0 Å². The third-order valence-electron chi connectivity index (χ3n) is 1.99. The lowest BCUT2D eigenvalue weighted by atomic mass is 10.2. The summed E-state index contributed by atoms with van der Waals surface area (Å²) in [6.07, 6.45) is -4.80. The van der Waals surface area contributed by atoms with E-state index in [1.165, 1.54) is 12.1 Å². The second-order valence-corrected chi connectivity index (χ2v) is 4.37. The third-order valence-corrected chi connectivity index (χ3v) is 2.48. The predicted molar refractivity (Wildman–Crippen MR) is 62.2 cm³/mol. The molecule has 0 N–H and O–H groups in total. The minimum Gasteiger partial charge on any atom is -0.405 e. The number of aromatic nitrogens is 4. The van der Waals surface area contributed by atoms with E-state index < -0.39 is 12.1 Å². The summed E-state index contributed by atoms with van der Waals surface area (Å²) in [7, 11) is 0. The van der Waals surface area contributed by atoms with E-state index in [0.29, 0.717) is 10.3 Å². The summed E-state index contributed by atoms with van der Waals surface area (Å²) >= 11 is 3.15. The molecule has 0 aliphatic carbocycles. The molecule has 0 aliphatic rings. The molecule has 0 amide bonds. The minimum absolute atomic E-state index is 0.0479. The van der Waals surface area contributed by atoms with Crippen LogP contribution in [-0.2, 0) is 0 Å². The van der Waals surface area contributed by atoms with Crippen LogP contribution in [0.1, 0.15) is 5.82 Å². The largest absolute Gasteiger partial charge is 0.573 e. The molecule has 9 heteroatoms. The number of hydrogen-bond acceptors (Lipinski definition) is 5. The van der Waals surface area contributed by atoms with Crippen molar-refractivity contribution in [2.75, 3.05) is 0 Å². The van der Waals surface area contributed by atoms with Gasteiger partial charge in [0.1, 0.15) is 5.75 Å². The van der Waals surface area contributed by atoms with Gasteiger partial charge < -0.3 is 4.74 Å². The van der Waals surface area contributed by atoms with Gasteiger partial charge >= 0.3 is 6.36 Å². The van der Waals surface area contributed by atoms with Gasteiger partial charge in [-0.2, -0.15) is 0 Å². The molecule has 0 unspecified atom stereocenters. The molecule has 100 valence electrons. The minimum atomic E-state index is -4.80. The Balaban J connectivity index is 2.48. The highest BCUT2D eigenvalue weighted by Crippen LogP contribution is 2.33. The molecule has 19 heavy (non-hydrogen) atoms. The fourth-order valence-electron chi connectivity index (χ4n) is 1.28. The van der Waals surface area contributed by atoms with Gasteiger partial charge in [0.25, 0.3) is 0 Å². The number of halogens is 4. The van der Waals surface area contributed by atoms with Gasteiger partial charge in [-0.15, -0.1) is 33.6 Å². The third kappa shape index (κ3) is 3.60. The van der Waals surface area contributed by atoms with E-state index in [1.807, 2.05) is 0 Å². The van der Waals surface area contributed by atoms with E-state index in [2.05, 4.69) is 41.1 Å². The van der Waals surface area contributed by atoms with Gasteiger partial charge in [-0.1, -0.05) is 15.9 Å². The average Bonchev–Trinajstić information content (AvgIpc) is 2.31. The summed E-state index contributed by atoms with van der Waals surface area (Å²) < 4.78 is 41.4. The standard InChI is InChI=1S/C10H6BrF3N4O/c1-5-15-17-9(18-16-5)7-4-6(11)2-3-8(7)19-10(12,13)14/h2-4H,1H3. The van der Waals surface area contributed by atoms with Crippen LogP contribution in [0.25, 0.3) is 11.4 Å². The van der Waals surface area contributed by atoms with E-state index in [4.69, 9.17) is 0 Å². The Hall–Kier alpha value is -1.77. The number of ether oxygens (including phenoxy) is 1.